The van der Waals surface area contributed by atoms with Crippen LogP contribution in [0.5, 0.6) is 0 Å². The minimum Gasteiger partial charge on any atom is -0.481 e. The number of unbranched alkanes of at least 4 members (excludes halogenated alkanes) is 2. The molecule has 1 aromatic rings. The topological polar surface area (TPSA) is 207 Å². The molecule has 0 spiro atoms. The molecular weight excluding hydrogens is 510 g/mol. The van der Waals surface area contributed by atoms with Crippen LogP contribution in [0.2, 0.25) is 0 Å². The highest BCUT2D eigenvalue weighted by Crippen LogP contribution is 2.26. The molecule has 1 aliphatic heterocycles. The molecule has 37 heavy (non-hydrogen) atoms. The Hall–Kier alpha value is -3.52. The van der Waals surface area contributed by atoms with E-state index in [9.17, 15) is 37.5 Å². The number of carboxylic acid groups (broad SMARTS) is 3. The Bertz CT molecular complexity index is 1100. The van der Waals surface area contributed by atoms with Gasteiger partial charge in [-0.3, -0.25) is 19.2 Å². The fourth-order valence-electron chi connectivity index (χ4n) is 3.88. The van der Waals surface area contributed by atoms with Crippen LogP contribution in [-0.2, 0) is 29.2 Å². The average molecular weight is 542 g/mol. The van der Waals surface area contributed by atoms with Gasteiger partial charge < -0.3 is 26.0 Å². The summed E-state index contributed by atoms with van der Waals surface area (Å²) in [7, 11) is -4.06. The van der Waals surface area contributed by atoms with E-state index >= 15 is 0 Å². The van der Waals surface area contributed by atoms with Gasteiger partial charge in [-0.1, -0.05) is 6.42 Å². The van der Waals surface area contributed by atoms with Crippen molar-refractivity contribution in [3.63, 3.8) is 0 Å². The Labute approximate surface area is 213 Å². The Morgan fingerprint density at radius 1 is 0.946 bits per heavy atom. The molecule has 1 aromatic carbocycles. The number of carboxylic acids is 3. The number of benzene rings is 1. The molecule has 2 amide bonds. The van der Waals surface area contributed by atoms with Gasteiger partial charge in [0, 0.05) is 31.5 Å². The number of carbonyl (C=O) groups excluding carboxylic acids is 2. The monoisotopic (exact) mass is 541 g/mol. The summed E-state index contributed by atoms with van der Waals surface area (Å²) in [6, 6.07) is 2.48. The first-order chi connectivity index (χ1) is 17.4. The molecule has 0 unspecified atom stereocenters. The normalized spacial score (nSPS) is 16.6. The third kappa shape index (κ3) is 8.82. The molecule has 0 saturated carbocycles. The summed E-state index contributed by atoms with van der Waals surface area (Å²) < 4.78 is 27.5. The van der Waals surface area contributed by atoms with Crippen molar-refractivity contribution in [1.29, 1.82) is 0 Å². The van der Waals surface area contributed by atoms with Crippen molar-refractivity contribution in [2.24, 2.45) is 0 Å². The summed E-state index contributed by atoms with van der Waals surface area (Å²) in [5.41, 5.74) is -0.0147. The van der Waals surface area contributed by atoms with Crippen molar-refractivity contribution in [3.8, 4) is 0 Å². The van der Waals surface area contributed by atoms with Crippen LogP contribution in [0.1, 0.15) is 61.7 Å². The van der Waals surface area contributed by atoms with Gasteiger partial charge in [-0.2, -0.15) is 4.31 Å². The van der Waals surface area contributed by atoms with Gasteiger partial charge in [0.15, 0.2) is 0 Å². The average Bonchev–Trinajstić information content (AvgIpc) is 3.34. The second-order valence-corrected chi connectivity index (χ2v) is 10.5. The van der Waals surface area contributed by atoms with Crippen molar-refractivity contribution in [1.82, 2.24) is 14.9 Å². The van der Waals surface area contributed by atoms with E-state index in [2.05, 4.69) is 10.6 Å². The van der Waals surface area contributed by atoms with Crippen LogP contribution in [0.15, 0.2) is 29.2 Å². The largest absolute Gasteiger partial charge is 0.481 e. The predicted octanol–water partition coefficient (Wildman–Crippen LogP) is 0.649. The van der Waals surface area contributed by atoms with Crippen LogP contribution >= 0.6 is 0 Å². The molecule has 0 aromatic heterocycles. The van der Waals surface area contributed by atoms with Gasteiger partial charge in [-0.05, 0) is 56.4 Å². The molecule has 1 saturated heterocycles. The van der Waals surface area contributed by atoms with E-state index in [0.717, 1.165) is 4.31 Å². The van der Waals surface area contributed by atoms with Gasteiger partial charge >= 0.3 is 17.9 Å². The minimum atomic E-state index is -4.06. The molecule has 1 heterocycles. The molecule has 2 atom stereocenters. The molecule has 0 aliphatic carbocycles. The van der Waals surface area contributed by atoms with E-state index in [4.69, 9.17) is 10.2 Å². The number of hydrogen-bond donors (Lipinski definition) is 5. The molecule has 2 rings (SSSR count). The van der Waals surface area contributed by atoms with Crippen molar-refractivity contribution in [3.05, 3.63) is 29.8 Å². The number of hydrogen-bond acceptors (Lipinski definition) is 7. The standard InChI is InChI=1S/C23H31N3O10S/c27-19(28)6-2-1-3-13-24-22(32)18-5-4-14-26(18)37(35,36)16-9-7-15(8-10-16)21(31)25-17(23(33)34)11-12-20(29)30/h7-10,17-18H,1-6,11-14H2,(H,24,32)(H,25,31)(H,27,28)(H,29,30)(H,33,34)/t17-,18+/m0/s1. The molecule has 13 nitrogen and oxygen atoms in total. The number of sulfonamides is 1. The number of aliphatic carboxylic acids is 3. The minimum absolute atomic E-state index is 0.0147. The lowest BCUT2D eigenvalue weighted by Gasteiger charge is -2.23. The highest BCUT2D eigenvalue weighted by atomic mass is 32.2. The zero-order valence-corrected chi connectivity index (χ0v) is 20.9. The fraction of sp³-hybridized carbons (Fsp3) is 0.522. The highest BCUT2D eigenvalue weighted by Gasteiger charge is 2.39. The van der Waals surface area contributed by atoms with E-state index in [1.807, 2.05) is 0 Å². The Balaban J connectivity index is 2.00. The van der Waals surface area contributed by atoms with E-state index in [0.29, 0.717) is 38.6 Å². The first kappa shape index (κ1) is 29.7. The van der Waals surface area contributed by atoms with Gasteiger partial charge in [-0.15, -0.1) is 0 Å². The fourth-order valence-corrected chi connectivity index (χ4v) is 5.53. The summed E-state index contributed by atoms with van der Waals surface area (Å²) in [5, 5.41) is 31.5. The molecule has 5 N–H and O–H groups in total. The highest BCUT2D eigenvalue weighted by molar-refractivity contribution is 7.89. The van der Waals surface area contributed by atoms with Gasteiger partial charge in [-0.25, -0.2) is 13.2 Å². The van der Waals surface area contributed by atoms with Crippen LogP contribution in [-0.4, -0.2) is 82.9 Å². The zero-order valence-electron chi connectivity index (χ0n) is 20.1. The maximum Gasteiger partial charge on any atom is 0.326 e. The lowest BCUT2D eigenvalue weighted by atomic mass is 10.1. The van der Waals surface area contributed by atoms with Crippen molar-refractivity contribution in [2.45, 2.75) is 68.3 Å². The Kier molecular flexibility index (Phi) is 11.0. The number of rotatable bonds is 15. The lowest BCUT2D eigenvalue weighted by Crippen LogP contribution is -2.46. The third-order valence-corrected chi connectivity index (χ3v) is 7.77. The van der Waals surface area contributed by atoms with Crippen molar-refractivity contribution < 1.29 is 47.7 Å². The second-order valence-electron chi connectivity index (χ2n) is 8.59. The first-order valence-electron chi connectivity index (χ1n) is 11.8. The maximum atomic E-state index is 13.2. The van der Waals surface area contributed by atoms with Crippen LogP contribution in [0.25, 0.3) is 0 Å². The summed E-state index contributed by atoms with van der Waals surface area (Å²) in [6.45, 7) is 0.446. The molecule has 0 bridgehead atoms. The van der Waals surface area contributed by atoms with Crippen LogP contribution in [0.3, 0.4) is 0 Å². The summed E-state index contributed by atoms with van der Waals surface area (Å²) in [4.78, 5) is 57.4. The lowest BCUT2D eigenvalue weighted by molar-refractivity contribution is -0.141. The van der Waals surface area contributed by atoms with Crippen LogP contribution in [0, 0.1) is 0 Å². The van der Waals surface area contributed by atoms with Gasteiger partial charge in [0.05, 0.1) is 4.90 Å². The number of nitrogens with zero attached hydrogens (tertiary/aromatic N) is 1. The zero-order chi connectivity index (χ0) is 27.6. The smallest absolute Gasteiger partial charge is 0.326 e. The molecular formula is C23H31N3O10S. The van der Waals surface area contributed by atoms with E-state index < -0.39 is 58.3 Å². The molecule has 1 aliphatic rings. The van der Waals surface area contributed by atoms with E-state index in [1.165, 1.54) is 24.3 Å². The summed E-state index contributed by atoms with van der Waals surface area (Å²) >= 11 is 0. The molecule has 204 valence electrons. The number of carbonyl (C=O) groups is 5. The Morgan fingerprint density at radius 2 is 1.59 bits per heavy atom. The maximum absolute atomic E-state index is 13.2. The second kappa shape index (κ2) is 13.7. The van der Waals surface area contributed by atoms with E-state index in [-0.39, 0.29) is 29.8 Å². The molecule has 1 fully saturated rings. The quantitative estimate of drug-likeness (QED) is 0.196. The SMILES string of the molecule is O=C(O)CCCCCNC(=O)[C@H]1CCCN1S(=O)(=O)c1ccc(C(=O)N[C@@H](CCC(=O)O)C(=O)O)cc1. The van der Waals surface area contributed by atoms with Gasteiger partial charge in [0.1, 0.15) is 12.1 Å². The van der Waals surface area contributed by atoms with Gasteiger partial charge in [0.25, 0.3) is 5.91 Å². The first-order valence-corrected chi connectivity index (χ1v) is 13.2. The summed E-state index contributed by atoms with van der Waals surface area (Å²) in [5.74, 6) is -4.73. The van der Waals surface area contributed by atoms with E-state index in [1.54, 1.807) is 0 Å². The Morgan fingerprint density at radius 3 is 2.19 bits per heavy atom. The third-order valence-electron chi connectivity index (χ3n) is 5.85. The number of nitrogens with one attached hydrogen (secondary N) is 2. The molecule has 14 heteroatoms. The van der Waals surface area contributed by atoms with Crippen molar-refractivity contribution in [2.75, 3.05) is 13.1 Å². The predicted molar refractivity (Wildman–Crippen MR) is 128 cm³/mol. The van der Waals surface area contributed by atoms with Crippen molar-refractivity contribution >= 4 is 39.7 Å². The van der Waals surface area contributed by atoms with Crippen LogP contribution in [0.4, 0.5) is 0 Å². The van der Waals surface area contributed by atoms with Crippen LogP contribution < -0.4 is 10.6 Å². The van der Waals surface area contributed by atoms with Gasteiger partial charge in [0.2, 0.25) is 15.9 Å². The summed E-state index contributed by atoms with van der Waals surface area (Å²) in [6.07, 6.45) is 1.79. The molecule has 0 radical (unpaired) electrons. The number of amides is 2.